The Labute approximate surface area is 139 Å². The van der Waals surface area contributed by atoms with E-state index in [1.54, 1.807) is 36.6 Å². The molecule has 3 rings (SSSR count). The van der Waals surface area contributed by atoms with Crippen molar-refractivity contribution in [2.45, 2.75) is 6.54 Å². The Morgan fingerprint density at radius 2 is 2.08 bits per heavy atom. The van der Waals surface area contributed by atoms with Crippen molar-refractivity contribution >= 4 is 11.5 Å². The molecule has 8 heteroatoms. The summed E-state index contributed by atoms with van der Waals surface area (Å²) in [6.07, 6.45) is 3.46. The highest BCUT2D eigenvalue weighted by molar-refractivity contribution is 5.78. The molecule has 8 nitrogen and oxygen atoms in total. The topological polar surface area (TPSA) is 84.1 Å². The normalized spacial score (nSPS) is 15.0. The lowest BCUT2D eigenvalue weighted by atomic mass is 10.2. The van der Waals surface area contributed by atoms with E-state index in [-0.39, 0.29) is 12.4 Å². The highest BCUT2D eigenvalue weighted by atomic mass is 16.6. The Hall–Kier alpha value is -3.00. The second-order valence-corrected chi connectivity index (χ2v) is 5.36. The van der Waals surface area contributed by atoms with Gasteiger partial charge in [0, 0.05) is 18.9 Å². The van der Waals surface area contributed by atoms with Crippen molar-refractivity contribution in [2.75, 3.05) is 25.3 Å². The van der Waals surface area contributed by atoms with Gasteiger partial charge in [0.1, 0.15) is 19.0 Å². The molecule has 0 fully saturated rings. The molecule has 0 N–H and O–H groups in total. The average Bonchev–Trinajstić information content (AvgIpc) is 2.62. The lowest BCUT2D eigenvalue weighted by Gasteiger charge is -2.28. The van der Waals surface area contributed by atoms with Crippen molar-refractivity contribution in [2.24, 2.45) is 5.10 Å². The number of nitrogens with zero attached hydrogens (tertiary/aromatic N) is 5. The first-order valence-electron chi connectivity index (χ1n) is 7.40. The summed E-state index contributed by atoms with van der Waals surface area (Å²) >= 11 is 0. The largest absolute Gasteiger partial charge is 0.497 e. The van der Waals surface area contributed by atoms with E-state index in [2.05, 4.69) is 10.1 Å². The summed E-state index contributed by atoms with van der Waals surface area (Å²) in [5.74, 6) is 0.641. The van der Waals surface area contributed by atoms with Gasteiger partial charge in [0.15, 0.2) is 0 Å². The SMILES string of the molecule is COc1ccc(N2CN(Cc3cccnc3)CC([N+](=O)[O-])=N2)cc1. The van der Waals surface area contributed by atoms with Crippen LogP contribution in [0.4, 0.5) is 5.69 Å². The zero-order valence-electron chi connectivity index (χ0n) is 13.2. The molecule has 0 radical (unpaired) electrons. The molecular formula is C16H17N5O3. The van der Waals surface area contributed by atoms with Crippen LogP contribution in [0.5, 0.6) is 5.75 Å². The van der Waals surface area contributed by atoms with E-state index in [4.69, 9.17) is 4.74 Å². The van der Waals surface area contributed by atoms with Crippen LogP contribution in [0, 0.1) is 10.1 Å². The van der Waals surface area contributed by atoms with Crippen LogP contribution in [-0.2, 0) is 6.54 Å². The Balaban J connectivity index is 1.82. The lowest BCUT2D eigenvalue weighted by molar-refractivity contribution is -0.354. The fourth-order valence-electron chi connectivity index (χ4n) is 2.49. The molecule has 24 heavy (non-hydrogen) atoms. The van der Waals surface area contributed by atoms with Crippen molar-refractivity contribution in [3.8, 4) is 5.75 Å². The van der Waals surface area contributed by atoms with Crippen LogP contribution < -0.4 is 9.75 Å². The molecule has 2 heterocycles. The maximum Gasteiger partial charge on any atom is 0.378 e. The van der Waals surface area contributed by atoms with Crippen molar-refractivity contribution in [3.05, 3.63) is 64.5 Å². The minimum Gasteiger partial charge on any atom is -0.497 e. The van der Waals surface area contributed by atoms with E-state index in [0.29, 0.717) is 13.2 Å². The van der Waals surface area contributed by atoms with E-state index in [1.807, 2.05) is 29.2 Å². The van der Waals surface area contributed by atoms with E-state index < -0.39 is 4.92 Å². The van der Waals surface area contributed by atoms with Crippen LogP contribution in [0.15, 0.2) is 53.9 Å². The van der Waals surface area contributed by atoms with Gasteiger partial charge in [-0.25, -0.2) is 0 Å². The minimum absolute atomic E-state index is 0.0824. The van der Waals surface area contributed by atoms with Gasteiger partial charge in [-0.1, -0.05) is 6.07 Å². The van der Waals surface area contributed by atoms with Gasteiger partial charge in [0.2, 0.25) is 0 Å². The van der Waals surface area contributed by atoms with Crippen LogP contribution in [0.2, 0.25) is 0 Å². The van der Waals surface area contributed by atoms with E-state index in [9.17, 15) is 10.1 Å². The molecule has 0 unspecified atom stereocenters. The lowest BCUT2D eigenvalue weighted by Crippen LogP contribution is -2.45. The molecule has 0 saturated heterocycles. The summed E-state index contributed by atoms with van der Waals surface area (Å²) in [6, 6.07) is 11.1. The van der Waals surface area contributed by atoms with Gasteiger partial charge in [-0.15, -0.1) is 0 Å². The molecule has 1 aromatic carbocycles. The predicted octanol–water partition coefficient (Wildman–Crippen LogP) is 1.96. The van der Waals surface area contributed by atoms with E-state index in [0.717, 1.165) is 17.0 Å². The molecule has 124 valence electrons. The fourth-order valence-corrected chi connectivity index (χ4v) is 2.49. The Morgan fingerprint density at radius 3 is 2.71 bits per heavy atom. The number of hydrogen-bond acceptors (Lipinski definition) is 7. The molecule has 1 aromatic heterocycles. The van der Waals surface area contributed by atoms with Crippen molar-refractivity contribution in [1.29, 1.82) is 0 Å². The smallest absolute Gasteiger partial charge is 0.378 e. The van der Waals surface area contributed by atoms with Crippen molar-refractivity contribution in [1.82, 2.24) is 9.88 Å². The first-order valence-corrected chi connectivity index (χ1v) is 7.40. The average molecular weight is 327 g/mol. The van der Waals surface area contributed by atoms with Gasteiger partial charge in [-0.05, 0) is 40.8 Å². The second-order valence-electron chi connectivity index (χ2n) is 5.36. The minimum atomic E-state index is -0.439. The summed E-state index contributed by atoms with van der Waals surface area (Å²) in [5, 5.41) is 17.0. The zero-order chi connectivity index (χ0) is 16.9. The number of aromatic nitrogens is 1. The standard InChI is InChI=1S/C16H17N5O3/c1-24-15-6-4-14(5-7-15)20-12-19(11-16(18-20)21(22)23)10-13-3-2-8-17-9-13/h2-9H,10-12H2,1H3. The van der Waals surface area contributed by atoms with Gasteiger partial charge < -0.3 is 14.9 Å². The first-order chi connectivity index (χ1) is 11.7. The summed E-state index contributed by atoms with van der Waals surface area (Å²) in [6.45, 7) is 1.21. The first kappa shape index (κ1) is 15.9. The highest BCUT2D eigenvalue weighted by Crippen LogP contribution is 2.22. The number of ether oxygens (including phenoxy) is 1. The number of rotatable bonds is 4. The fraction of sp³-hybridized carbons (Fsp3) is 0.250. The number of benzene rings is 1. The predicted molar refractivity (Wildman–Crippen MR) is 89.4 cm³/mol. The van der Waals surface area contributed by atoms with Gasteiger partial charge in [0.25, 0.3) is 0 Å². The summed E-state index contributed by atoms with van der Waals surface area (Å²) in [7, 11) is 1.59. The molecule has 1 aliphatic heterocycles. The summed E-state index contributed by atoms with van der Waals surface area (Å²) < 4.78 is 5.14. The third-order valence-electron chi connectivity index (χ3n) is 3.65. The van der Waals surface area contributed by atoms with E-state index in [1.165, 1.54) is 0 Å². The van der Waals surface area contributed by atoms with Crippen molar-refractivity contribution < 1.29 is 9.66 Å². The number of amidine groups is 1. The molecule has 0 amide bonds. The number of methoxy groups -OCH3 is 1. The maximum absolute atomic E-state index is 11.2. The molecule has 0 saturated carbocycles. The number of anilines is 1. The van der Waals surface area contributed by atoms with Crippen LogP contribution in [-0.4, -0.2) is 41.0 Å². The quantitative estimate of drug-likeness (QED) is 0.630. The zero-order valence-corrected chi connectivity index (χ0v) is 13.2. The molecular weight excluding hydrogens is 310 g/mol. The highest BCUT2D eigenvalue weighted by Gasteiger charge is 2.29. The summed E-state index contributed by atoms with van der Waals surface area (Å²) in [4.78, 5) is 16.8. The Bertz CT molecular complexity index is 733. The number of hydrazone groups is 1. The molecule has 1 aliphatic rings. The molecule has 0 spiro atoms. The van der Waals surface area contributed by atoms with Crippen LogP contribution in [0.3, 0.4) is 0 Å². The van der Waals surface area contributed by atoms with Gasteiger partial charge >= 0.3 is 5.84 Å². The number of nitro groups is 1. The molecule has 0 bridgehead atoms. The molecule has 0 aliphatic carbocycles. The Kier molecular flexibility index (Phi) is 4.66. The number of hydrogen-bond donors (Lipinski definition) is 0. The van der Waals surface area contributed by atoms with Gasteiger partial charge in [-0.2, -0.15) is 5.01 Å². The Morgan fingerprint density at radius 1 is 1.29 bits per heavy atom. The summed E-state index contributed by atoms with van der Waals surface area (Å²) in [5.41, 5.74) is 1.77. The third-order valence-corrected chi connectivity index (χ3v) is 3.65. The van der Waals surface area contributed by atoms with Gasteiger partial charge in [0.05, 0.1) is 17.9 Å². The van der Waals surface area contributed by atoms with Gasteiger partial charge in [-0.3, -0.25) is 9.88 Å². The monoisotopic (exact) mass is 327 g/mol. The molecule has 0 atom stereocenters. The second kappa shape index (κ2) is 7.05. The van der Waals surface area contributed by atoms with Crippen LogP contribution in [0.25, 0.3) is 0 Å². The van der Waals surface area contributed by atoms with Crippen LogP contribution in [0.1, 0.15) is 5.56 Å². The van der Waals surface area contributed by atoms with E-state index >= 15 is 0 Å². The van der Waals surface area contributed by atoms with Crippen LogP contribution >= 0.6 is 0 Å². The number of pyridine rings is 1. The molecule has 2 aromatic rings. The van der Waals surface area contributed by atoms with Crippen molar-refractivity contribution in [3.63, 3.8) is 0 Å². The maximum atomic E-state index is 11.2. The third kappa shape index (κ3) is 3.66.